The van der Waals surface area contributed by atoms with Gasteiger partial charge >= 0.3 is 0 Å². The lowest BCUT2D eigenvalue weighted by molar-refractivity contribution is 0.184. The first kappa shape index (κ1) is 133. The molecule has 1 atom stereocenters. The minimum atomic E-state index is -0.930. The van der Waals surface area contributed by atoms with Crippen LogP contribution in [0.2, 0.25) is 0 Å². The molecule has 13 aromatic heterocycles. The number of allylic oxidation sites excluding steroid dienone is 1. The zero-order valence-electron chi connectivity index (χ0n) is 92.6. The fourth-order valence-corrected chi connectivity index (χ4v) is 24.3. The van der Waals surface area contributed by atoms with Crippen LogP contribution in [0.15, 0.2) is 148 Å². The Labute approximate surface area is 933 Å². The fourth-order valence-electron chi connectivity index (χ4n) is 10.8. The van der Waals surface area contributed by atoms with E-state index in [9.17, 15) is 8.60 Å². The number of hydrogen-bond donors (Lipinski definition) is 1. The van der Waals surface area contributed by atoms with Crippen LogP contribution in [0, 0.1) is 12.8 Å². The van der Waals surface area contributed by atoms with Crippen molar-refractivity contribution in [2.45, 2.75) is 357 Å². The third-order valence-electron chi connectivity index (χ3n) is 20.0. The Morgan fingerprint density at radius 1 is 0.434 bits per heavy atom. The van der Waals surface area contributed by atoms with Crippen molar-refractivity contribution in [3.05, 3.63) is 232 Å². The molecular weight excluding hydrogens is 2120 g/mol. The highest BCUT2D eigenvalue weighted by Gasteiger charge is 2.19. The molecule has 16 rings (SSSR count). The number of halogens is 1. The smallest absolute Gasteiger partial charge is 0.185 e. The van der Waals surface area contributed by atoms with Crippen LogP contribution in [0.4, 0.5) is 14.7 Å². The van der Waals surface area contributed by atoms with Crippen molar-refractivity contribution in [3.63, 3.8) is 0 Å². The normalized spacial score (nSPS) is 12.4. The van der Waals surface area contributed by atoms with Gasteiger partial charge in [0.25, 0.3) is 0 Å². The second-order valence-electron chi connectivity index (χ2n) is 37.7. The number of alkyl halides is 1. The summed E-state index contributed by atoms with van der Waals surface area (Å²) in [6, 6.07) is 10.4. The number of methoxy groups -OCH3 is 2. The second kappa shape index (κ2) is 74.9. The number of ether oxygens (including phenoxy) is 2. The SMILES string of the molecule is CC(C)c1cncs1.CC(C)c1csc(CF)n1.CC(C)c1csc(CO)n1.CC(C)c1csc(N(C)C)n1.CC(C)c1csc(N2CCCCC2)n1.CC(C)c1csc(Sc2ccccc2)n1.CC(C)c1cscn1.CC(C)c1nccs1.CC1=NC(C(C)C)=CS1=O.CCc1nc(C(C)C)cs1.COCc1nc(C(C)C)cs1.COCc1nc(C(C)C)cs1.CSc1nc(C(C)C)cs1.Cc1nc(C(C)C)cs1. The lowest BCUT2D eigenvalue weighted by Crippen LogP contribution is -2.29. The Morgan fingerprint density at radius 2 is 0.855 bits per heavy atom. The number of thioether (sulfide) groups is 1. The molecular formula is C108H165FN16O4S16. The van der Waals surface area contributed by atoms with E-state index in [0.29, 0.717) is 101 Å². The van der Waals surface area contributed by atoms with Gasteiger partial charge in [0, 0.05) is 139 Å². The molecule has 0 saturated carbocycles. The van der Waals surface area contributed by atoms with Crippen molar-refractivity contribution in [2.75, 3.05) is 57.5 Å². The summed E-state index contributed by atoms with van der Waals surface area (Å²) in [5, 5.41) is 45.7. The standard InChI is InChI=1S/C12H13NS2.C11H18N2S.C8H14N2S.2C8H13NOS.C8H13NS.C7H10FNS.2C7H11NOS.C7H11NS2.C7H11NS.3C6H9NS/c1-9(2)11-8-14-12(13-11)15-10-6-4-3-5-7-10;1-9(2)10-8-14-11(12-10)13-6-4-3-5-7-13;1-6(2)7-5-11-8(9-7)10(3)4;2*1-6(2)7-5-11-8(9-7)4-10-3;1-4-8-9-7(5-10-8)6(2)3;1-5(2)6-4-10-7(3-8)9-6;1-5(2)6-4-10-7(3-9)8-6;1-5(2)7-4-10(9)6(3)8-7;1-5(2)6-4-10-7(8-6)9-3;1-5(2)7-4-9-6(3)8-7;1-5(2)6-3-8-4-7-6;1-5(2)6-3-7-4-8-6;1-5(2)6-7-3-4-8-6/h3-9H,1-2H3;8-9H,3-7H2,1-2H3;5-6H,1-4H3;2*5-6H,4H2,1-3H3;5-6H,4H2,1-3H3;4-5H,3H2,1-2H3;4-5,9H,3H2,1-2H3;2*4-5H,1-3H3;4-5H,1-3H3;3*3-5H,1-2H3. The lowest BCUT2D eigenvalue weighted by atomic mass is 10.1. The Hall–Kier alpha value is -5.92. The fraction of sp³-hybridized carbons (Fsp3) is 0.556. The summed E-state index contributed by atoms with van der Waals surface area (Å²) in [6.45, 7) is 69.3. The van der Waals surface area contributed by atoms with Crippen LogP contribution in [0.25, 0.3) is 0 Å². The molecule has 0 bridgehead atoms. The summed E-state index contributed by atoms with van der Waals surface area (Å²) < 4.78 is 35.2. The van der Waals surface area contributed by atoms with Crippen LogP contribution < -0.4 is 9.80 Å². The number of benzene rings is 1. The highest BCUT2D eigenvalue weighted by atomic mass is 32.2. The largest absolute Gasteiger partial charge is 0.389 e. The number of nitrogens with zero attached hydrogens (tertiary/aromatic N) is 16. The van der Waals surface area contributed by atoms with Crippen molar-refractivity contribution in [3.8, 4) is 0 Å². The van der Waals surface area contributed by atoms with Crippen LogP contribution in [0.5, 0.6) is 0 Å². The Kier molecular flexibility index (Phi) is 68.9. The van der Waals surface area contributed by atoms with E-state index in [1.807, 2.05) is 85.4 Å². The van der Waals surface area contributed by atoms with Gasteiger partial charge in [-0.1, -0.05) is 243 Å². The van der Waals surface area contributed by atoms with E-state index in [4.69, 9.17) is 14.6 Å². The molecule has 20 nitrogen and oxygen atoms in total. The first-order chi connectivity index (χ1) is 68.8. The number of anilines is 2. The summed E-state index contributed by atoms with van der Waals surface area (Å²) in [5.74, 6) is 7.49. The number of thiazole rings is 13. The highest BCUT2D eigenvalue weighted by Crippen LogP contribution is 2.34. The molecule has 15 heterocycles. The van der Waals surface area contributed by atoms with Crippen LogP contribution >= 0.6 is 171 Å². The van der Waals surface area contributed by atoms with Gasteiger partial charge in [-0.05, 0) is 135 Å². The maximum Gasteiger partial charge on any atom is 0.185 e. The summed E-state index contributed by atoms with van der Waals surface area (Å²) in [6.07, 6.45) is 10.9. The molecule has 1 aromatic carbocycles. The molecule has 804 valence electrons. The van der Waals surface area contributed by atoms with E-state index < -0.39 is 17.5 Å². The molecule has 0 aliphatic carbocycles. The van der Waals surface area contributed by atoms with Crippen LogP contribution in [0.1, 0.15) is 406 Å². The number of aryl methyl sites for hydroxylation is 2. The third kappa shape index (κ3) is 55.3. The zero-order chi connectivity index (χ0) is 108. The molecule has 1 unspecified atom stereocenters. The molecule has 0 amide bonds. The number of aliphatic hydroxyl groups is 1. The maximum atomic E-state index is 12.0. The third-order valence-corrected chi connectivity index (χ3v) is 34.9. The van der Waals surface area contributed by atoms with Gasteiger partial charge in [-0.3, -0.25) is 4.98 Å². The Morgan fingerprint density at radius 3 is 1.15 bits per heavy atom. The first-order valence-electron chi connectivity index (χ1n) is 49.4. The topological polar surface area (TPSA) is 242 Å². The number of rotatable bonds is 26. The average Bonchev–Trinajstić information content (AvgIpc) is 1.72. The van der Waals surface area contributed by atoms with Crippen molar-refractivity contribution >= 4 is 197 Å². The molecule has 2 aliphatic heterocycles. The summed E-state index contributed by atoms with van der Waals surface area (Å²) in [7, 11) is 6.49. The van der Waals surface area contributed by atoms with Crippen molar-refractivity contribution < 1.29 is 23.2 Å². The minimum absolute atomic E-state index is 0.0669. The van der Waals surface area contributed by atoms with Gasteiger partial charge in [0.2, 0.25) is 0 Å². The van der Waals surface area contributed by atoms with Crippen LogP contribution in [0.3, 0.4) is 0 Å². The molecule has 2 aliphatic rings. The van der Waals surface area contributed by atoms with Gasteiger partial charge in [0.1, 0.15) is 36.1 Å². The molecule has 14 aromatic rings. The summed E-state index contributed by atoms with van der Waals surface area (Å²) in [4.78, 5) is 67.4. The maximum absolute atomic E-state index is 12.0. The molecule has 1 saturated heterocycles. The molecule has 1 N–H and O–H groups in total. The molecule has 0 spiro atoms. The van der Waals surface area contributed by atoms with Crippen molar-refractivity contribution in [1.29, 1.82) is 0 Å². The highest BCUT2D eigenvalue weighted by molar-refractivity contribution is 8.03. The number of aromatic nitrogens is 13. The number of piperidine rings is 1. The van der Waals surface area contributed by atoms with E-state index in [1.165, 1.54) is 141 Å². The number of aliphatic hydroxyl groups excluding tert-OH is 1. The van der Waals surface area contributed by atoms with Gasteiger partial charge in [-0.2, -0.15) is 0 Å². The molecule has 1 fully saturated rings. The average molecular weight is 2280 g/mol. The van der Waals surface area contributed by atoms with Crippen molar-refractivity contribution in [1.82, 2.24) is 64.8 Å². The van der Waals surface area contributed by atoms with Crippen molar-refractivity contribution in [2.24, 2.45) is 10.9 Å². The van der Waals surface area contributed by atoms with Gasteiger partial charge in [-0.25, -0.2) is 73.4 Å². The van der Waals surface area contributed by atoms with E-state index in [0.717, 1.165) is 53.0 Å². The van der Waals surface area contributed by atoms with Crippen LogP contribution in [-0.4, -0.2) is 127 Å². The molecule has 145 heavy (non-hydrogen) atoms. The summed E-state index contributed by atoms with van der Waals surface area (Å²) in [5.41, 5.74) is 17.6. The predicted molar refractivity (Wildman–Crippen MR) is 644 cm³/mol. The lowest BCUT2D eigenvalue weighted by Gasteiger charge is -2.25. The monoisotopic (exact) mass is 2280 g/mol. The molecule has 0 radical (unpaired) electrons. The quantitative estimate of drug-likeness (QED) is 0.0495. The van der Waals surface area contributed by atoms with Gasteiger partial charge in [0.15, 0.2) is 14.6 Å². The summed E-state index contributed by atoms with van der Waals surface area (Å²) >= 11 is 25.2. The second-order valence-corrected chi connectivity index (χ2v) is 53.2. The minimum Gasteiger partial charge on any atom is -0.389 e. The van der Waals surface area contributed by atoms with Gasteiger partial charge in [0.05, 0.1) is 125 Å². The van der Waals surface area contributed by atoms with Gasteiger partial charge in [-0.15, -0.1) is 147 Å². The molecule has 37 heteroatoms. The predicted octanol–water partition coefficient (Wildman–Crippen LogP) is 36.2. The van der Waals surface area contributed by atoms with E-state index in [1.54, 1.807) is 175 Å². The Bertz CT molecular complexity index is 5300. The number of hydrogen-bond acceptors (Lipinski definition) is 35. The van der Waals surface area contributed by atoms with E-state index in [2.05, 4.69) is 341 Å². The first-order valence-corrected chi connectivity index (χ1v) is 64.2. The Balaban J connectivity index is 0.000000403. The zero-order valence-corrected chi connectivity index (χ0v) is 106. The van der Waals surface area contributed by atoms with Gasteiger partial charge < -0.3 is 24.4 Å². The van der Waals surface area contributed by atoms with E-state index >= 15 is 0 Å². The number of aliphatic imine (C=N–C) groups is 1. The van der Waals surface area contributed by atoms with E-state index in [-0.39, 0.29) is 6.61 Å². The van der Waals surface area contributed by atoms with Crippen LogP contribution in [-0.2, 0) is 53.2 Å².